The maximum absolute atomic E-state index is 13.1. The van der Waals surface area contributed by atoms with E-state index >= 15 is 0 Å². The Morgan fingerprint density at radius 2 is 1.81 bits per heavy atom. The fourth-order valence-electron chi connectivity index (χ4n) is 2.83. The zero-order chi connectivity index (χ0) is 15.0. The molecule has 1 aliphatic carbocycles. The monoisotopic (exact) mass is 347 g/mol. The van der Waals surface area contributed by atoms with Gasteiger partial charge in [0, 0.05) is 4.47 Å². The van der Waals surface area contributed by atoms with Crippen molar-refractivity contribution in [2.24, 2.45) is 5.92 Å². The highest BCUT2D eigenvalue weighted by Crippen LogP contribution is 2.44. The van der Waals surface area contributed by atoms with Gasteiger partial charge in [-0.1, -0.05) is 18.2 Å². The SMILES string of the molecule is Cc1cc(C)c(NC(c2ccc(F)cc2)C2CC2)c(Br)c1. The molecule has 0 aliphatic heterocycles. The predicted octanol–water partition coefficient (Wildman–Crippen LogP) is 5.77. The molecule has 0 heterocycles. The second kappa shape index (κ2) is 5.80. The molecule has 0 radical (unpaired) electrons. The summed E-state index contributed by atoms with van der Waals surface area (Å²) in [6.45, 7) is 4.22. The summed E-state index contributed by atoms with van der Waals surface area (Å²) >= 11 is 3.66. The molecule has 1 atom stereocenters. The number of hydrogen-bond donors (Lipinski definition) is 1. The molecule has 0 bridgehead atoms. The first-order chi connectivity index (χ1) is 10.0. The van der Waals surface area contributed by atoms with Crippen molar-refractivity contribution < 1.29 is 4.39 Å². The van der Waals surface area contributed by atoms with E-state index in [9.17, 15) is 4.39 Å². The van der Waals surface area contributed by atoms with Crippen LogP contribution in [-0.2, 0) is 0 Å². The fraction of sp³-hybridized carbons (Fsp3) is 0.333. The molecule has 1 aliphatic rings. The number of nitrogens with one attached hydrogen (secondary N) is 1. The summed E-state index contributed by atoms with van der Waals surface area (Å²) in [5.74, 6) is 0.462. The lowest BCUT2D eigenvalue weighted by Gasteiger charge is -2.23. The Morgan fingerprint density at radius 1 is 1.14 bits per heavy atom. The largest absolute Gasteiger partial charge is 0.377 e. The molecule has 0 spiro atoms. The van der Waals surface area contributed by atoms with Crippen molar-refractivity contribution in [2.75, 3.05) is 5.32 Å². The van der Waals surface area contributed by atoms with Crippen molar-refractivity contribution in [3.05, 3.63) is 63.4 Å². The van der Waals surface area contributed by atoms with Crippen molar-refractivity contribution in [1.29, 1.82) is 0 Å². The van der Waals surface area contributed by atoms with Gasteiger partial charge in [-0.25, -0.2) is 4.39 Å². The Balaban J connectivity index is 1.91. The Kier molecular flexibility index (Phi) is 4.03. The second-order valence-electron chi connectivity index (χ2n) is 5.95. The van der Waals surface area contributed by atoms with Crippen LogP contribution in [0.3, 0.4) is 0 Å². The number of aryl methyl sites for hydroxylation is 2. The highest BCUT2D eigenvalue weighted by molar-refractivity contribution is 9.10. The van der Waals surface area contributed by atoms with E-state index in [2.05, 4.69) is 47.2 Å². The molecule has 1 nitrogen and oxygen atoms in total. The Bertz CT molecular complexity index is 624. The number of anilines is 1. The van der Waals surface area contributed by atoms with Crippen LogP contribution in [0.5, 0.6) is 0 Å². The first-order valence-electron chi connectivity index (χ1n) is 7.33. The van der Waals surface area contributed by atoms with Gasteiger partial charge in [0.05, 0.1) is 11.7 Å². The molecule has 0 aromatic heterocycles. The predicted molar refractivity (Wildman–Crippen MR) is 89.1 cm³/mol. The van der Waals surface area contributed by atoms with E-state index in [0.717, 1.165) is 15.7 Å². The van der Waals surface area contributed by atoms with Crippen LogP contribution in [0.1, 0.15) is 35.6 Å². The highest BCUT2D eigenvalue weighted by Gasteiger charge is 2.32. The number of rotatable bonds is 4. The van der Waals surface area contributed by atoms with Gasteiger partial charge in [0.25, 0.3) is 0 Å². The molecule has 1 unspecified atom stereocenters. The lowest BCUT2D eigenvalue weighted by molar-refractivity contribution is 0.622. The van der Waals surface area contributed by atoms with Gasteiger partial charge >= 0.3 is 0 Å². The molecule has 0 saturated heterocycles. The summed E-state index contributed by atoms with van der Waals surface area (Å²) in [5.41, 5.74) is 4.77. The quantitative estimate of drug-likeness (QED) is 0.740. The summed E-state index contributed by atoms with van der Waals surface area (Å²) in [4.78, 5) is 0. The molecule has 0 amide bonds. The van der Waals surface area contributed by atoms with Gasteiger partial charge < -0.3 is 5.32 Å². The van der Waals surface area contributed by atoms with Gasteiger partial charge in [0.1, 0.15) is 5.82 Å². The summed E-state index contributed by atoms with van der Waals surface area (Å²) in [5, 5.41) is 3.67. The first-order valence-corrected chi connectivity index (χ1v) is 8.12. The van der Waals surface area contributed by atoms with Gasteiger partial charge in [-0.05, 0) is 83.4 Å². The third kappa shape index (κ3) is 3.29. The van der Waals surface area contributed by atoms with Crippen molar-refractivity contribution in [3.63, 3.8) is 0 Å². The van der Waals surface area contributed by atoms with Gasteiger partial charge in [-0.3, -0.25) is 0 Å². The Labute approximate surface area is 133 Å². The average Bonchev–Trinajstić information content (AvgIpc) is 3.24. The van der Waals surface area contributed by atoms with Crippen LogP contribution in [0.25, 0.3) is 0 Å². The fourth-order valence-corrected chi connectivity index (χ4v) is 3.62. The number of benzene rings is 2. The van der Waals surface area contributed by atoms with Crippen molar-refractivity contribution >= 4 is 21.6 Å². The maximum atomic E-state index is 13.1. The molecule has 110 valence electrons. The van der Waals surface area contributed by atoms with Crippen molar-refractivity contribution in [1.82, 2.24) is 0 Å². The van der Waals surface area contributed by atoms with E-state index < -0.39 is 0 Å². The summed E-state index contributed by atoms with van der Waals surface area (Å²) in [6.07, 6.45) is 2.47. The first kappa shape index (κ1) is 14.6. The second-order valence-corrected chi connectivity index (χ2v) is 6.80. The van der Waals surface area contributed by atoms with Gasteiger partial charge in [-0.2, -0.15) is 0 Å². The molecule has 21 heavy (non-hydrogen) atoms. The Morgan fingerprint density at radius 3 is 2.38 bits per heavy atom. The highest BCUT2D eigenvalue weighted by atomic mass is 79.9. The zero-order valence-electron chi connectivity index (χ0n) is 12.3. The molecule has 2 aromatic carbocycles. The number of hydrogen-bond acceptors (Lipinski definition) is 1. The van der Waals surface area contributed by atoms with Gasteiger partial charge in [0.15, 0.2) is 0 Å². The number of halogens is 2. The van der Waals surface area contributed by atoms with Crippen LogP contribution in [0.4, 0.5) is 10.1 Å². The van der Waals surface area contributed by atoms with Crippen molar-refractivity contribution in [2.45, 2.75) is 32.7 Å². The minimum absolute atomic E-state index is 0.180. The molecule has 1 N–H and O–H groups in total. The molecule has 2 aromatic rings. The van der Waals surface area contributed by atoms with E-state index in [-0.39, 0.29) is 11.9 Å². The molecule has 3 rings (SSSR count). The lowest BCUT2D eigenvalue weighted by atomic mass is 10.0. The van der Waals surface area contributed by atoms with Crippen LogP contribution in [0.15, 0.2) is 40.9 Å². The van der Waals surface area contributed by atoms with Crippen LogP contribution >= 0.6 is 15.9 Å². The topological polar surface area (TPSA) is 12.0 Å². The smallest absolute Gasteiger partial charge is 0.123 e. The molecule has 3 heteroatoms. The standard InChI is InChI=1S/C18H19BrFN/c1-11-9-12(2)17(16(19)10-11)21-18(13-3-4-13)14-5-7-15(20)8-6-14/h5-10,13,18,21H,3-4H2,1-2H3. The third-order valence-electron chi connectivity index (χ3n) is 4.05. The Hall–Kier alpha value is -1.35. The normalized spacial score (nSPS) is 15.8. The van der Waals surface area contributed by atoms with E-state index in [4.69, 9.17) is 0 Å². The van der Waals surface area contributed by atoms with Crippen LogP contribution in [-0.4, -0.2) is 0 Å². The average molecular weight is 348 g/mol. The van der Waals surface area contributed by atoms with Crippen LogP contribution < -0.4 is 5.32 Å². The van der Waals surface area contributed by atoms with E-state index in [1.807, 2.05) is 12.1 Å². The minimum atomic E-state index is -0.180. The molecular weight excluding hydrogens is 329 g/mol. The third-order valence-corrected chi connectivity index (χ3v) is 4.68. The van der Waals surface area contributed by atoms with Crippen molar-refractivity contribution in [3.8, 4) is 0 Å². The van der Waals surface area contributed by atoms with Gasteiger partial charge in [0.2, 0.25) is 0 Å². The van der Waals surface area contributed by atoms with Gasteiger partial charge in [-0.15, -0.1) is 0 Å². The van der Waals surface area contributed by atoms with E-state index in [1.54, 1.807) is 12.1 Å². The van der Waals surface area contributed by atoms with E-state index in [0.29, 0.717) is 5.92 Å². The summed E-state index contributed by atoms with van der Waals surface area (Å²) < 4.78 is 14.2. The lowest BCUT2D eigenvalue weighted by Crippen LogP contribution is -2.14. The summed E-state index contributed by atoms with van der Waals surface area (Å²) in [6, 6.07) is 11.4. The molecule has 1 saturated carbocycles. The minimum Gasteiger partial charge on any atom is -0.377 e. The summed E-state index contributed by atoms with van der Waals surface area (Å²) in [7, 11) is 0. The van der Waals surface area contributed by atoms with Crippen LogP contribution in [0.2, 0.25) is 0 Å². The maximum Gasteiger partial charge on any atom is 0.123 e. The molecule has 1 fully saturated rings. The molecular formula is C18H19BrFN. The van der Waals surface area contributed by atoms with Crippen LogP contribution in [0, 0.1) is 25.6 Å². The van der Waals surface area contributed by atoms with E-state index in [1.165, 1.54) is 24.0 Å². The zero-order valence-corrected chi connectivity index (χ0v) is 13.9.